The van der Waals surface area contributed by atoms with Gasteiger partial charge in [0.05, 0.1) is 17.2 Å². The summed E-state index contributed by atoms with van der Waals surface area (Å²) in [5.41, 5.74) is 5.04. The topological polar surface area (TPSA) is 90.1 Å². The first-order valence-electron chi connectivity index (χ1n) is 8.95. The molecule has 0 bridgehead atoms. The van der Waals surface area contributed by atoms with Gasteiger partial charge in [-0.2, -0.15) is 5.10 Å². The molecule has 28 heavy (non-hydrogen) atoms. The van der Waals surface area contributed by atoms with Crippen LogP contribution in [0.3, 0.4) is 0 Å². The number of aryl methyl sites for hydroxylation is 3. The van der Waals surface area contributed by atoms with E-state index in [0.717, 1.165) is 22.5 Å². The zero-order valence-corrected chi connectivity index (χ0v) is 16.1. The molecular formula is C21H22N4O3. The van der Waals surface area contributed by atoms with E-state index in [1.165, 1.54) is 18.2 Å². The third-order valence-electron chi connectivity index (χ3n) is 4.54. The van der Waals surface area contributed by atoms with Crippen molar-refractivity contribution in [1.82, 2.24) is 15.1 Å². The molecule has 0 aliphatic rings. The molecule has 0 saturated carbocycles. The van der Waals surface area contributed by atoms with Crippen LogP contribution in [0.2, 0.25) is 0 Å². The highest BCUT2D eigenvalue weighted by Crippen LogP contribution is 2.19. The second kappa shape index (κ2) is 8.04. The average Bonchev–Trinajstić information content (AvgIpc) is 2.96. The SMILES string of the molecule is Cc1cc(C)n(Cc2cccc(CNC(=O)c3ccc([N+](=O)[O-])c(C)c3)c2)n1. The molecule has 0 spiro atoms. The van der Waals surface area contributed by atoms with Crippen LogP contribution in [0.25, 0.3) is 0 Å². The van der Waals surface area contributed by atoms with Crippen molar-refractivity contribution < 1.29 is 9.72 Å². The lowest BCUT2D eigenvalue weighted by Gasteiger charge is -2.09. The lowest BCUT2D eigenvalue weighted by molar-refractivity contribution is -0.385. The van der Waals surface area contributed by atoms with Crippen LogP contribution in [-0.4, -0.2) is 20.6 Å². The molecule has 1 aromatic heterocycles. The Hall–Kier alpha value is -3.48. The highest BCUT2D eigenvalue weighted by atomic mass is 16.6. The van der Waals surface area contributed by atoms with Crippen LogP contribution in [0.1, 0.15) is 38.4 Å². The predicted octanol–water partition coefficient (Wildman–Crippen LogP) is 3.69. The summed E-state index contributed by atoms with van der Waals surface area (Å²) in [5.74, 6) is -0.262. The van der Waals surface area contributed by atoms with Crippen molar-refractivity contribution in [3.8, 4) is 0 Å². The maximum Gasteiger partial charge on any atom is 0.272 e. The molecule has 0 unspecified atom stereocenters. The minimum absolute atomic E-state index is 0.00778. The first-order valence-corrected chi connectivity index (χ1v) is 8.95. The minimum atomic E-state index is -0.453. The Bertz CT molecular complexity index is 1040. The van der Waals surface area contributed by atoms with Crippen LogP contribution in [0, 0.1) is 30.9 Å². The Morgan fingerprint density at radius 3 is 2.50 bits per heavy atom. The van der Waals surface area contributed by atoms with Gasteiger partial charge in [0.2, 0.25) is 0 Å². The number of rotatable bonds is 6. The third kappa shape index (κ3) is 4.43. The first-order chi connectivity index (χ1) is 13.3. The Morgan fingerprint density at radius 1 is 1.11 bits per heavy atom. The van der Waals surface area contributed by atoms with Gasteiger partial charge >= 0.3 is 0 Å². The number of benzene rings is 2. The highest BCUT2D eigenvalue weighted by Gasteiger charge is 2.13. The molecule has 1 amide bonds. The fourth-order valence-electron chi connectivity index (χ4n) is 3.13. The smallest absolute Gasteiger partial charge is 0.272 e. The fraction of sp³-hybridized carbons (Fsp3) is 0.238. The Morgan fingerprint density at radius 2 is 1.86 bits per heavy atom. The first kappa shape index (κ1) is 19.3. The molecule has 3 rings (SSSR count). The number of nitro groups is 1. The van der Waals surface area contributed by atoms with Crippen molar-refractivity contribution in [2.24, 2.45) is 0 Å². The zero-order valence-electron chi connectivity index (χ0n) is 16.1. The molecule has 0 atom stereocenters. The van der Waals surface area contributed by atoms with E-state index in [9.17, 15) is 14.9 Å². The number of aromatic nitrogens is 2. The molecule has 0 radical (unpaired) electrons. The molecular weight excluding hydrogens is 356 g/mol. The number of hydrogen-bond acceptors (Lipinski definition) is 4. The zero-order chi connectivity index (χ0) is 20.3. The van der Waals surface area contributed by atoms with Crippen molar-refractivity contribution in [1.29, 1.82) is 0 Å². The average molecular weight is 378 g/mol. The summed E-state index contributed by atoms with van der Waals surface area (Å²) in [6.45, 7) is 6.66. The standard InChI is InChI=1S/C21H22N4O3/c1-14-9-19(7-8-20(14)25(27)28)21(26)22-12-17-5-4-6-18(11-17)13-24-16(3)10-15(2)23-24/h4-11H,12-13H2,1-3H3,(H,22,26). The van der Waals surface area contributed by atoms with Gasteiger partial charge in [0.15, 0.2) is 0 Å². The van der Waals surface area contributed by atoms with Crippen molar-refractivity contribution >= 4 is 11.6 Å². The number of carbonyl (C=O) groups is 1. The number of carbonyl (C=O) groups excluding carboxylic acids is 1. The summed E-state index contributed by atoms with van der Waals surface area (Å²) in [5, 5.41) is 18.2. The van der Waals surface area contributed by atoms with E-state index in [2.05, 4.69) is 10.4 Å². The highest BCUT2D eigenvalue weighted by molar-refractivity contribution is 5.94. The molecule has 144 valence electrons. The minimum Gasteiger partial charge on any atom is -0.348 e. The molecule has 1 N–H and O–H groups in total. The number of nitrogens with one attached hydrogen (secondary N) is 1. The molecule has 0 fully saturated rings. The lowest BCUT2D eigenvalue weighted by atomic mass is 10.1. The predicted molar refractivity (Wildman–Crippen MR) is 106 cm³/mol. The summed E-state index contributed by atoms with van der Waals surface area (Å²) in [6.07, 6.45) is 0. The van der Waals surface area contributed by atoms with E-state index < -0.39 is 4.92 Å². The maximum absolute atomic E-state index is 12.4. The van der Waals surface area contributed by atoms with E-state index in [0.29, 0.717) is 24.2 Å². The van der Waals surface area contributed by atoms with Gasteiger partial charge in [-0.05, 0) is 50.1 Å². The summed E-state index contributed by atoms with van der Waals surface area (Å²) in [7, 11) is 0. The van der Waals surface area contributed by atoms with E-state index in [1.807, 2.05) is 48.9 Å². The van der Waals surface area contributed by atoms with Gasteiger partial charge in [0, 0.05) is 29.4 Å². The Balaban J connectivity index is 1.66. The summed E-state index contributed by atoms with van der Waals surface area (Å²) >= 11 is 0. The van der Waals surface area contributed by atoms with Gasteiger partial charge in [0.1, 0.15) is 0 Å². The number of nitrogens with zero attached hydrogens (tertiary/aromatic N) is 3. The van der Waals surface area contributed by atoms with Gasteiger partial charge in [-0.25, -0.2) is 0 Å². The monoisotopic (exact) mass is 378 g/mol. The Kier molecular flexibility index (Phi) is 5.54. The number of nitro benzene ring substituents is 1. The van der Waals surface area contributed by atoms with Crippen molar-refractivity contribution in [2.45, 2.75) is 33.9 Å². The second-order valence-corrected chi connectivity index (χ2v) is 6.85. The van der Waals surface area contributed by atoms with Gasteiger partial charge in [-0.3, -0.25) is 19.6 Å². The maximum atomic E-state index is 12.4. The molecule has 2 aromatic carbocycles. The van der Waals surface area contributed by atoms with Crippen molar-refractivity contribution in [3.63, 3.8) is 0 Å². The fourth-order valence-corrected chi connectivity index (χ4v) is 3.13. The van der Waals surface area contributed by atoms with Crippen molar-refractivity contribution in [2.75, 3.05) is 0 Å². The summed E-state index contributed by atoms with van der Waals surface area (Å²) in [4.78, 5) is 22.8. The van der Waals surface area contributed by atoms with Crippen LogP contribution in [0.15, 0.2) is 48.5 Å². The number of amides is 1. The van der Waals surface area contributed by atoms with Crippen LogP contribution in [-0.2, 0) is 13.1 Å². The molecule has 7 nitrogen and oxygen atoms in total. The molecule has 0 aliphatic heterocycles. The van der Waals surface area contributed by atoms with Crippen LogP contribution >= 0.6 is 0 Å². The van der Waals surface area contributed by atoms with E-state index in [4.69, 9.17) is 0 Å². The summed E-state index contributed by atoms with van der Waals surface area (Å²) in [6, 6.07) is 14.4. The van der Waals surface area contributed by atoms with E-state index in [1.54, 1.807) is 6.92 Å². The van der Waals surface area contributed by atoms with Gasteiger partial charge in [0.25, 0.3) is 11.6 Å². The number of hydrogen-bond donors (Lipinski definition) is 1. The van der Waals surface area contributed by atoms with Crippen LogP contribution in [0.4, 0.5) is 5.69 Å². The van der Waals surface area contributed by atoms with E-state index in [-0.39, 0.29) is 11.6 Å². The second-order valence-electron chi connectivity index (χ2n) is 6.85. The molecule has 0 aliphatic carbocycles. The van der Waals surface area contributed by atoms with Gasteiger partial charge < -0.3 is 5.32 Å². The van der Waals surface area contributed by atoms with Gasteiger partial charge in [-0.1, -0.05) is 24.3 Å². The quantitative estimate of drug-likeness (QED) is 0.523. The molecule has 7 heteroatoms. The third-order valence-corrected chi connectivity index (χ3v) is 4.54. The normalized spacial score (nSPS) is 10.7. The lowest BCUT2D eigenvalue weighted by Crippen LogP contribution is -2.23. The van der Waals surface area contributed by atoms with Gasteiger partial charge in [-0.15, -0.1) is 0 Å². The van der Waals surface area contributed by atoms with E-state index >= 15 is 0 Å². The van der Waals surface area contributed by atoms with Crippen LogP contribution < -0.4 is 5.32 Å². The van der Waals surface area contributed by atoms with Crippen molar-refractivity contribution in [3.05, 3.63) is 92.3 Å². The summed E-state index contributed by atoms with van der Waals surface area (Å²) < 4.78 is 1.95. The Labute approximate surface area is 163 Å². The molecule has 3 aromatic rings. The molecule has 0 saturated heterocycles. The largest absolute Gasteiger partial charge is 0.348 e. The molecule has 1 heterocycles. The van der Waals surface area contributed by atoms with Crippen LogP contribution in [0.5, 0.6) is 0 Å².